The number of benzene rings is 2. The highest BCUT2D eigenvalue weighted by molar-refractivity contribution is 6.30. The minimum atomic E-state index is -0.851. The predicted molar refractivity (Wildman–Crippen MR) is 87.5 cm³/mol. The van der Waals surface area contributed by atoms with Crippen molar-refractivity contribution in [1.29, 1.82) is 0 Å². The SMILES string of the molecule is O=c1nc2oc(-c3ccc(Cl)cc3)nn2c(=O)n1-c1ccc(F)cc1. The van der Waals surface area contributed by atoms with E-state index in [2.05, 4.69) is 10.1 Å². The van der Waals surface area contributed by atoms with Gasteiger partial charge in [-0.2, -0.15) is 0 Å². The molecule has 0 amide bonds. The molecule has 25 heavy (non-hydrogen) atoms. The van der Waals surface area contributed by atoms with Gasteiger partial charge in [-0.25, -0.2) is 18.5 Å². The summed E-state index contributed by atoms with van der Waals surface area (Å²) in [6.07, 6.45) is 0. The maximum Gasteiger partial charge on any atom is 0.362 e. The van der Waals surface area contributed by atoms with Gasteiger partial charge in [0.2, 0.25) is 5.89 Å². The Balaban J connectivity index is 1.93. The van der Waals surface area contributed by atoms with E-state index in [1.807, 2.05) is 0 Å². The van der Waals surface area contributed by atoms with Gasteiger partial charge < -0.3 is 4.42 Å². The first kappa shape index (κ1) is 15.3. The smallest absolute Gasteiger partial charge is 0.362 e. The van der Waals surface area contributed by atoms with Crippen molar-refractivity contribution in [2.75, 3.05) is 0 Å². The standard InChI is InChI=1S/C16H8ClFN4O3/c17-10-3-1-9(2-4-10)13-20-22-15(25-13)19-14(23)21(16(22)24)12-7-5-11(18)6-8-12/h1-8H. The number of aromatic nitrogens is 4. The fraction of sp³-hybridized carbons (Fsp3) is 0. The molecular formula is C16H8ClFN4O3. The monoisotopic (exact) mass is 358 g/mol. The average molecular weight is 359 g/mol. The third-order valence-electron chi connectivity index (χ3n) is 3.49. The highest BCUT2D eigenvalue weighted by Crippen LogP contribution is 2.20. The van der Waals surface area contributed by atoms with E-state index in [-0.39, 0.29) is 17.4 Å². The molecule has 2 aromatic carbocycles. The third-order valence-corrected chi connectivity index (χ3v) is 3.74. The van der Waals surface area contributed by atoms with Crippen LogP contribution in [-0.4, -0.2) is 19.2 Å². The third kappa shape index (κ3) is 2.62. The molecule has 124 valence electrons. The van der Waals surface area contributed by atoms with E-state index in [0.29, 0.717) is 10.6 Å². The summed E-state index contributed by atoms with van der Waals surface area (Å²) in [6.45, 7) is 0. The highest BCUT2D eigenvalue weighted by Gasteiger charge is 2.16. The van der Waals surface area contributed by atoms with Gasteiger partial charge in [0.25, 0.3) is 0 Å². The lowest BCUT2D eigenvalue weighted by Gasteiger charge is -2.02. The number of fused-ring (bicyclic) bond motifs is 1. The second kappa shape index (κ2) is 5.67. The Labute approximate surface area is 143 Å². The van der Waals surface area contributed by atoms with Crippen LogP contribution in [0, 0.1) is 5.82 Å². The van der Waals surface area contributed by atoms with E-state index in [1.54, 1.807) is 24.3 Å². The van der Waals surface area contributed by atoms with Crippen LogP contribution < -0.4 is 11.4 Å². The van der Waals surface area contributed by atoms with Crippen molar-refractivity contribution >= 4 is 17.4 Å². The maximum absolute atomic E-state index is 13.1. The minimum absolute atomic E-state index is 0.109. The molecule has 4 rings (SSSR count). The van der Waals surface area contributed by atoms with Gasteiger partial charge in [-0.05, 0) is 48.5 Å². The molecule has 7 nitrogen and oxygen atoms in total. The van der Waals surface area contributed by atoms with E-state index in [0.717, 1.165) is 21.2 Å². The lowest BCUT2D eigenvalue weighted by molar-refractivity contribution is 0.591. The average Bonchev–Trinajstić information content (AvgIpc) is 3.01. The molecule has 0 saturated carbocycles. The Morgan fingerprint density at radius 1 is 1.00 bits per heavy atom. The summed E-state index contributed by atoms with van der Waals surface area (Å²) in [7, 11) is 0. The molecule has 2 aromatic heterocycles. The van der Waals surface area contributed by atoms with Gasteiger partial charge in [0, 0.05) is 10.6 Å². The molecule has 0 aliphatic rings. The van der Waals surface area contributed by atoms with Gasteiger partial charge in [0.1, 0.15) is 5.82 Å². The molecule has 9 heteroatoms. The summed E-state index contributed by atoms with van der Waals surface area (Å²) in [5.41, 5.74) is -0.884. The Morgan fingerprint density at radius 3 is 2.36 bits per heavy atom. The Kier molecular flexibility index (Phi) is 3.47. The zero-order chi connectivity index (χ0) is 17.6. The molecule has 0 unspecified atom stereocenters. The van der Waals surface area contributed by atoms with E-state index in [1.165, 1.54) is 12.1 Å². The molecule has 0 aliphatic carbocycles. The summed E-state index contributed by atoms with van der Waals surface area (Å²) >= 11 is 5.83. The van der Waals surface area contributed by atoms with E-state index < -0.39 is 17.2 Å². The molecule has 0 N–H and O–H groups in total. The van der Waals surface area contributed by atoms with Crippen LogP contribution in [0.1, 0.15) is 0 Å². The number of rotatable bonds is 2. The van der Waals surface area contributed by atoms with Crippen LogP contribution in [0.3, 0.4) is 0 Å². The maximum atomic E-state index is 13.1. The highest BCUT2D eigenvalue weighted by atomic mass is 35.5. The van der Waals surface area contributed by atoms with Crippen LogP contribution in [0.25, 0.3) is 23.0 Å². The minimum Gasteiger partial charge on any atom is -0.403 e. The van der Waals surface area contributed by atoms with Gasteiger partial charge in [-0.3, -0.25) is 0 Å². The number of nitrogens with zero attached hydrogens (tertiary/aromatic N) is 4. The molecule has 0 bridgehead atoms. The molecule has 0 radical (unpaired) electrons. The van der Waals surface area contributed by atoms with Gasteiger partial charge in [0.15, 0.2) is 0 Å². The molecule has 0 spiro atoms. The van der Waals surface area contributed by atoms with Crippen molar-refractivity contribution in [3.8, 4) is 17.1 Å². The summed E-state index contributed by atoms with van der Waals surface area (Å²) in [4.78, 5) is 28.5. The van der Waals surface area contributed by atoms with Crippen molar-refractivity contribution in [1.82, 2.24) is 19.2 Å². The van der Waals surface area contributed by atoms with Crippen molar-refractivity contribution in [3.05, 3.63) is 80.3 Å². The van der Waals surface area contributed by atoms with Gasteiger partial charge in [0.05, 0.1) is 5.69 Å². The summed E-state index contributed by atoms with van der Waals surface area (Å²) < 4.78 is 20.1. The fourth-order valence-electron chi connectivity index (χ4n) is 2.31. The molecular weight excluding hydrogens is 351 g/mol. The molecule has 0 atom stereocenters. The van der Waals surface area contributed by atoms with Crippen LogP contribution >= 0.6 is 11.6 Å². The fourth-order valence-corrected chi connectivity index (χ4v) is 2.43. The zero-order valence-corrected chi connectivity index (χ0v) is 13.1. The van der Waals surface area contributed by atoms with Crippen LogP contribution in [0.2, 0.25) is 5.02 Å². The van der Waals surface area contributed by atoms with Crippen molar-refractivity contribution in [2.24, 2.45) is 0 Å². The number of hydrogen-bond donors (Lipinski definition) is 0. The van der Waals surface area contributed by atoms with Crippen molar-refractivity contribution < 1.29 is 8.81 Å². The van der Waals surface area contributed by atoms with Crippen molar-refractivity contribution in [3.63, 3.8) is 0 Å². The van der Waals surface area contributed by atoms with Gasteiger partial charge in [-0.1, -0.05) is 11.6 Å². The number of hydrogen-bond acceptors (Lipinski definition) is 5. The predicted octanol–water partition coefficient (Wildman–Crippen LogP) is 2.29. The lowest BCUT2D eigenvalue weighted by atomic mass is 10.2. The van der Waals surface area contributed by atoms with Gasteiger partial charge >= 0.3 is 17.2 Å². The number of halogens is 2. The molecule has 0 aliphatic heterocycles. The first-order valence-electron chi connectivity index (χ1n) is 7.08. The Bertz CT molecular complexity index is 1190. The Hall–Kier alpha value is -3.26. The largest absolute Gasteiger partial charge is 0.403 e. The van der Waals surface area contributed by atoms with Crippen LogP contribution in [-0.2, 0) is 0 Å². The summed E-state index contributed by atoms with van der Waals surface area (Å²) in [5.74, 6) is -0.617. The molecule has 0 saturated heterocycles. The quantitative estimate of drug-likeness (QED) is 0.549. The molecule has 0 fully saturated rings. The normalized spacial score (nSPS) is 11.1. The van der Waals surface area contributed by atoms with E-state index in [9.17, 15) is 14.0 Å². The first-order valence-corrected chi connectivity index (χ1v) is 7.45. The lowest BCUT2D eigenvalue weighted by Crippen LogP contribution is -2.38. The van der Waals surface area contributed by atoms with Crippen molar-refractivity contribution in [2.45, 2.75) is 0 Å². The van der Waals surface area contributed by atoms with Gasteiger partial charge in [-0.15, -0.1) is 14.6 Å². The molecule has 2 heterocycles. The topological polar surface area (TPSA) is 82.4 Å². The van der Waals surface area contributed by atoms with Crippen LogP contribution in [0.5, 0.6) is 0 Å². The summed E-state index contributed by atoms with van der Waals surface area (Å²) in [6, 6.07) is 11.5. The van der Waals surface area contributed by atoms with E-state index in [4.69, 9.17) is 16.0 Å². The van der Waals surface area contributed by atoms with Crippen LogP contribution in [0.15, 0.2) is 62.5 Å². The second-order valence-corrected chi connectivity index (χ2v) is 5.53. The first-order chi connectivity index (χ1) is 12.0. The summed E-state index contributed by atoms with van der Waals surface area (Å²) in [5, 5.41) is 4.59. The molecule has 4 aromatic rings. The van der Waals surface area contributed by atoms with Crippen LogP contribution in [0.4, 0.5) is 4.39 Å². The zero-order valence-electron chi connectivity index (χ0n) is 12.4. The second-order valence-electron chi connectivity index (χ2n) is 5.10. The Morgan fingerprint density at radius 2 is 1.68 bits per heavy atom. The van der Waals surface area contributed by atoms with E-state index >= 15 is 0 Å².